The van der Waals surface area contributed by atoms with Crippen molar-refractivity contribution in [2.24, 2.45) is 4.99 Å². The van der Waals surface area contributed by atoms with Gasteiger partial charge >= 0.3 is 0 Å². The molecule has 0 atom stereocenters. The summed E-state index contributed by atoms with van der Waals surface area (Å²) in [5, 5.41) is 0. The number of aryl methyl sites for hydroxylation is 2. The number of nitrogens with zero attached hydrogens (tertiary/aromatic N) is 3. The van der Waals surface area contributed by atoms with Crippen LogP contribution in [0.25, 0.3) is 44.9 Å². The molecule has 0 fully saturated rings. The van der Waals surface area contributed by atoms with E-state index < -0.39 is 29.0 Å². The van der Waals surface area contributed by atoms with E-state index in [2.05, 4.69) is 34.0 Å². The Morgan fingerprint density at radius 3 is 1.52 bits per heavy atom. The van der Waals surface area contributed by atoms with Crippen LogP contribution in [0.3, 0.4) is 0 Å². The second-order valence-electron chi connectivity index (χ2n) is 13.5. The van der Waals surface area contributed by atoms with Gasteiger partial charge in [-0.25, -0.2) is 32.3 Å². The molecule has 2 aromatic heterocycles. The molecule has 8 rings (SSSR count). The number of nitrogens with two attached hydrogens (primary N) is 1. The first-order valence-electron chi connectivity index (χ1n) is 18.4. The SMILES string of the molecule is Cc1ccc(-c2cnco2)cc1-c1ccc(CC(=O)Cc2c(F)cccc2F)cc1.Cc1ccc(-c2cnco2)cc1-c1ccc(N)cc1.O=C=Nc1c(F)cccc1F. The zero-order chi connectivity index (χ0) is 42.6. The van der Waals surface area contributed by atoms with Gasteiger partial charge in [-0.3, -0.25) is 4.79 Å². The molecular formula is C48H36F4N4O4. The van der Waals surface area contributed by atoms with Crippen molar-refractivity contribution in [1.82, 2.24) is 9.97 Å². The first-order chi connectivity index (χ1) is 29.0. The van der Waals surface area contributed by atoms with Crippen molar-refractivity contribution in [2.75, 3.05) is 5.73 Å². The standard InChI is InChI=1S/C25H19F2NO2.C16H14N2O.C7H3F2NO/c1-16-5-8-19(25-14-28-15-30-25)12-21(16)18-9-6-17(7-10-18)11-20(29)13-22-23(26)3-2-4-24(22)27;1-11-2-3-13(16-9-18-10-19-16)8-15(11)12-4-6-14(17)7-5-12;8-5-2-1-3-6(9)7(5)10-4-11/h2-10,12,14-15H,11,13H2,1H3;2-10H,17H2,1H3;1-3H. The molecule has 60 heavy (non-hydrogen) atoms. The third kappa shape index (κ3) is 10.6. The summed E-state index contributed by atoms with van der Waals surface area (Å²) in [6.45, 7) is 4.12. The predicted octanol–water partition coefficient (Wildman–Crippen LogP) is 11.8. The maximum atomic E-state index is 13.8. The molecule has 8 aromatic rings. The Balaban J connectivity index is 0.000000171. The highest BCUT2D eigenvalue weighted by Crippen LogP contribution is 2.31. The molecule has 0 aliphatic carbocycles. The lowest BCUT2D eigenvalue weighted by atomic mass is 9.95. The lowest BCUT2D eigenvalue weighted by Gasteiger charge is -2.09. The monoisotopic (exact) mass is 808 g/mol. The van der Waals surface area contributed by atoms with Gasteiger partial charge in [0.25, 0.3) is 0 Å². The third-order valence-corrected chi connectivity index (χ3v) is 9.33. The van der Waals surface area contributed by atoms with Gasteiger partial charge in [-0.2, -0.15) is 4.99 Å². The van der Waals surface area contributed by atoms with Crippen molar-refractivity contribution >= 4 is 23.2 Å². The lowest BCUT2D eigenvalue weighted by molar-refractivity contribution is -0.117. The van der Waals surface area contributed by atoms with Crippen LogP contribution < -0.4 is 5.73 Å². The van der Waals surface area contributed by atoms with Gasteiger partial charge in [0.15, 0.2) is 35.9 Å². The molecule has 0 amide bonds. The summed E-state index contributed by atoms with van der Waals surface area (Å²) in [7, 11) is 0. The maximum Gasteiger partial charge on any atom is 0.240 e. The molecule has 0 bridgehead atoms. The smallest absolute Gasteiger partial charge is 0.240 e. The van der Waals surface area contributed by atoms with E-state index in [1.165, 1.54) is 36.0 Å². The molecule has 300 valence electrons. The summed E-state index contributed by atoms with van der Waals surface area (Å²) in [5.41, 5.74) is 15.2. The number of para-hydroxylation sites is 1. The van der Waals surface area contributed by atoms with Gasteiger partial charge in [0.05, 0.1) is 12.4 Å². The van der Waals surface area contributed by atoms with Crippen LogP contribution in [-0.2, 0) is 22.4 Å². The normalized spacial score (nSPS) is 10.4. The first-order valence-corrected chi connectivity index (χ1v) is 18.4. The van der Waals surface area contributed by atoms with E-state index in [0.717, 1.165) is 80.7 Å². The number of carbonyl (C=O) groups is 1. The lowest BCUT2D eigenvalue weighted by Crippen LogP contribution is -2.09. The fraction of sp³-hybridized carbons (Fsp3) is 0.0833. The Morgan fingerprint density at radius 2 is 1.07 bits per heavy atom. The van der Waals surface area contributed by atoms with Crippen LogP contribution in [0.4, 0.5) is 28.9 Å². The summed E-state index contributed by atoms with van der Waals surface area (Å²) in [5.74, 6) is -1.89. The minimum Gasteiger partial charge on any atom is -0.444 e. The molecule has 2 N–H and O–H groups in total. The Labute approximate surface area is 342 Å². The van der Waals surface area contributed by atoms with E-state index in [9.17, 15) is 27.2 Å². The summed E-state index contributed by atoms with van der Waals surface area (Å²) < 4.78 is 63.3. The second kappa shape index (κ2) is 19.6. The number of hydrogen-bond acceptors (Lipinski definition) is 8. The number of rotatable bonds is 9. The van der Waals surface area contributed by atoms with Crippen LogP contribution in [0.2, 0.25) is 0 Å². The number of Topliss-reactive ketones (excluding diaryl/α,β-unsaturated/α-hetero) is 1. The minimum atomic E-state index is -0.867. The van der Waals surface area contributed by atoms with E-state index in [-0.39, 0.29) is 24.2 Å². The van der Waals surface area contributed by atoms with Gasteiger partial charge < -0.3 is 14.6 Å². The highest BCUT2D eigenvalue weighted by molar-refractivity contribution is 5.83. The van der Waals surface area contributed by atoms with Gasteiger partial charge in [-0.05, 0) is 101 Å². The topological polar surface area (TPSA) is 125 Å². The number of nitrogen functional groups attached to an aromatic ring is 1. The summed E-state index contributed by atoms with van der Waals surface area (Å²) >= 11 is 0. The van der Waals surface area contributed by atoms with Gasteiger partial charge in [0.1, 0.15) is 23.1 Å². The van der Waals surface area contributed by atoms with Gasteiger partial charge in [-0.15, -0.1) is 0 Å². The van der Waals surface area contributed by atoms with Crippen LogP contribution in [0.5, 0.6) is 0 Å². The molecule has 0 radical (unpaired) electrons. The highest BCUT2D eigenvalue weighted by atomic mass is 19.1. The first kappa shape index (κ1) is 41.9. The number of halogens is 4. The Hall–Kier alpha value is -7.69. The van der Waals surface area contributed by atoms with Crippen LogP contribution >= 0.6 is 0 Å². The second-order valence-corrected chi connectivity index (χ2v) is 13.5. The zero-order valence-electron chi connectivity index (χ0n) is 32.3. The quantitative estimate of drug-likeness (QED) is 0.0666. The number of carbonyl (C=O) groups excluding carboxylic acids is 2. The van der Waals surface area contributed by atoms with E-state index in [1.54, 1.807) is 12.4 Å². The van der Waals surface area contributed by atoms with Crippen molar-refractivity contribution in [3.8, 4) is 44.9 Å². The molecular weight excluding hydrogens is 773 g/mol. The number of anilines is 1. The van der Waals surface area contributed by atoms with E-state index in [0.29, 0.717) is 5.76 Å². The number of aliphatic imine (C=N–C) groups is 1. The summed E-state index contributed by atoms with van der Waals surface area (Å²) in [4.78, 5) is 32.7. The summed E-state index contributed by atoms with van der Waals surface area (Å²) in [6.07, 6.45) is 7.14. The molecule has 0 spiro atoms. The largest absolute Gasteiger partial charge is 0.444 e. The Bertz CT molecular complexity index is 2710. The number of aromatic nitrogens is 2. The summed E-state index contributed by atoms with van der Waals surface area (Å²) in [6, 6.07) is 34.6. The van der Waals surface area contributed by atoms with E-state index in [1.807, 2.05) is 79.7 Å². The van der Waals surface area contributed by atoms with Crippen molar-refractivity contribution < 1.29 is 36.0 Å². The van der Waals surface area contributed by atoms with Gasteiger partial charge in [0, 0.05) is 35.2 Å². The Morgan fingerprint density at radius 1 is 0.617 bits per heavy atom. The molecule has 0 aliphatic heterocycles. The fourth-order valence-corrected chi connectivity index (χ4v) is 6.18. The van der Waals surface area contributed by atoms with Crippen molar-refractivity contribution in [2.45, 2.75) is 26.7 Å². The maximum absolute atomic E-state index is 13.8. The third-order valence-electron chi connectivity index (χ3n) is 9.33. The molecule has 6 aromatic carbocycles. The fourth-order valence-electron chi connectivity index (χ4n) is 6.18. The number of hydrogen-bond donors (Lipinski definition) is 1. The average Bonchev–Trinajstić information content (AvgIpc) is 3.99. The average molecular weight is 809 g/mol. The van der Waals surface area contributed by atoms with Gasteiger partial charge in [0.2, 0.25) is 6.08 Å². The van der Waals surface area contributed by atoms with Gasteiger partial charge in [-0.1, -0.05) is 72.8 Å². The number of oxazole rings is 2. The van der Waals surface area contributed by atoms with Crippen molar-refractivity contribution in [3.63, 3.8) is 0 Å². The zero-order valence-corrected chi connectivity index (χ0v) is 32.3. The Kier molecular flexibility index (Phi) is 13.7. The van der Waals surface area contributed by atoms with E-state index >= 15 is 0 Å². The van der Waals surface area contributed by atoms with E-state index in [4.69, 9.17) is 14.6 Å². The minimum absolute atomic E-state index is 0.116. The number of isocyanates is 1. The molecule has 0 aliphatic rings. The molecule has 2 heterocycles. The van der Waals surface area contributed by atoms with Crippen LogP contribution in [0.15, 0.2) is 160 Å². The molecule has 0 saturated heterocycles. The van der Waals surface area contributed by atoms with Crippen molar-refractivity contribution in [1.29, 1.82) is 0 Å². The molecule has 12 heteroatoms. The predicted molar refractivity (Wildman–Crippen MR) is 222 cm³/mol. The number of ketones is 1. The highest BCUT2D eigenvalue weighted by Gasteiger charge is 2.14. The molecule has 0 unspecified atom stereocenters. The number of benzene rings is 6. The molecule has 0 saturated carbocycles. The van der Waals surface area contributed by atoms with Crippen LogP contribution in [0, 0.1) is 37.1 Å². The van der Waals surface area contributed by atoms with Crippen molar-refractivity contribution in [3.05, 3.63) is 192 Å². The van der Waals surface area contributed by atoms with Crippen LogP contribution in [-0.4, -0.2) is 21.8 Å². The van der Waals surface area contributed by atoms with Crippen LogP contribution in [0.1, 0.15) is 22.3 Å². The molecule has 8 nitrogen and oxygen atoms in total.